The van der Waals surface area contributed by atoms with Gasteiger partial charge in [-0.2, -0.15) is 0 Å². The van der Waals surface area contributed by atoms with Crippen LogP contribution in [0, 0.1) is 27.7 Å². The zero-order chi connectivity index (χ0) is 52.6. The van der Waals surface area contributed by atoms with Crippen molar-refractivity contribution in [1.82, 2.24) is 41.7 Å². The number of hydrogen-bond acceptors (Lipinski definition) is 11. The summed E-state index contributed by atoms with van der Waals surface area (Å²) in [5, 5.41) is 18.5. The molecule has 8 N–H and O–H groups in total. The lowest BCUT2D eigenvalue weighted by Crippen LogP contribution is -2.48. The van der Waals surface area contributed by atoms with Gasteiger partial charge in [-0.3, -0.25) is 38.6 Å². The van der Waals surface area contributed by atoms with Crippen LogP contribution >= 0.6 is 0 Å². The zero-order valence-electron chi connectivity index (χ0n) is 42.9. The highest BCUT2D eigenvalue weighted by Crippen LogP contribution is 2.37. The average Bonchev–Trinajstić information content (AvgIpc) is 3.39. The molecule has 17 nitrogen and oxygen atoms in total. The van der Waals surface area contributed by atoms with Crippen LogP contribution in [0.4, 0.5) is 0 Å². The molecule has 8 bridgehead atoms. The first-order valence-electron chi connectivity index (χ1n) is 25.4. The molecular formula is C57H69N9O8. The predicted molar refractivity (Wildman–Crippen MR) is 284 cm³/mol. The monoisotopic (exact) mass is 1010 g/mol. The minimum Gasteiger partial charge on any atom is -0.484 e. The minimum absolute atomic E-state index is 0.0594. The Bertz CT molecular complexity index is 2710. The molecule has 12 aliphatic rings. The standard InChI is InChI=1S/C57H69N9O8/c1-37-39(3)46-19-17-44(37)52(67)59-24-29-65-30-25-60-53(68)45-18-20-47(40(4)38(45)2)55(70)62-28-33-66(32-27-61-54(46)69)34-43(16-11-23-58)64-57(72)49-22-21-48(56(71)63-26-31-65)50(73-35-41-12-7-5-8-13-41)51(49)74-36-42-14-9-6-10-15-42/h5-10,12-15,17-22,43H,11,16,23-36,58H2,1-4H3,(H,59,67)(H,60,68)(H,61,69)(H,62,70)(H,63,71)(H,64,72). The Hall–Kier alpha value is -7.60. The Morgan fingerprint density at radius 3 is 1.14 bits per heavy atom. The maximum atomic E-state index is 14.9. The third-order valence-electron chi connectivity index (χ3n) is 13.7. The van der Waals surface area contributed by atoms with E-state index in [0.717, 1.165) is 11.1 Å². The summed E-state index contributed by atoms with van der Waals surface area (Å²) >= 11 is 0. The summed E-state index contributed by atoms with van der Waals surface area (Å²) in [6.07, 6.45) is 1.06. The van der Waals surface area contributed by atoms with Crippen molar-refractivity contribution >= 4 is 35.4 Å². The molecule has 12 aliphatic heterocycles. The first kappa shape index (κ1) is 54.2. The van der Waals surface area contributed by atoms with E-state index in [2.05, 4.69) is 36.8 Å². The van der Waals surface area contributed by atoms with Gasteiger partial charge in [0.2, 0.25) is 0 Å². The van der Waals surface area contributed by atoms with Crippen LogP contribution in [0.1, 0.15) is 108 Å². The Labute approximate surface area is 433 Å². The van der Waals surface area contributed by atoms with Gasteiger partial charge >= 0.3 is 0 Å². The van der Waals surface area contributed by atoms with Crippen molar-refractivity contribution in [3.63, 3.8) is 0 Å². The van der Waals surface area contributed by atoms with Crippen LogP contribution < -0.4 is 47.1 Å². The Kier molecular flexibility index (Phi) is 19.3. The normalized spacial score (nSPS) is 18.7. The summed E-state index contributed by atoms with van der Waals surface area (Å²) in [6, 6.07) is 28.2. The van der Waals surface area contributed by atoms with E-state index >= 15 is 0 Å². The van der Waals surface area contributed by atoms with Gasteiger partial charge in [-0.25, -0.2) is 0 Å². The number of nitrogens with zero attached hydrogens (tertiary/aromatic N) is 2. The first-order chi connectivity index (χ1) is 35.8. The molecule has 0 radical (unpaired) electrons. The molecule has 17 heteroatoms. The molecular weight excluding hydrogens is 939 g/mol. The number of hydrogen-bond donors (Lipinski definition) is 7. The summed E-state index contributed by atoms with van der Waals surface area (Å²) in [6.45, 7) is 10.8. The highest BCUT2D eigenvalue weighted by Gasteiger charge is 2.28. The average molecular weight is 1010 g/mol. The lowest BCUT2D eigenvalue weighted by molar-refractivity contribution is 0.0900. The smallest absolute Gasteiger partial charge is 0.255 e. The van der Waals surface area contributed by atoms with Crippen molar-refractivity contribution in [3.8, 4) is 11.5 Å². The van der Waals surface area contributed by atoms with Gasteiger partial charge in [0, 0.05) is 100 Å². The highest BCUT2D eigenvalue weighted by atomic mass is 16.5. The zero-order valence-corrected chi connectivity index (χ0v) is 42.9. The second kappa shape index (κ2) is 26.4. The minimum atomic E-state index is -0.483. The number of ether oxygens (including phenoxy) is 2. The Morgan fingerprint density at radius 2 is 0.770 bits per heavy atom. The molecule has 0 spiro atoms. The number of benzene rings is 5. The van der Waals surface area contributed by atoms with Crippen molar-refractivity contribution in [1.29, 1.82) is 0 Å². The topological polar surface area (TPSA) is 226 Å². The molecule has 12 heterocycles. The van der Waals surface area contributed by atoms with Crippen LogP contribution in [0.15, 0.2) is 97.1 Å². The van der Waals surface area contributed by atoms with Gasteiger partial charge in [0.05, 0.1) is 11.1 Å². The van der Waals surface area contributed by atoms with E-state index in [-0.39, 0.29) is 92.2 Å². The summed E-state index contributed by atoms with van der Waals surface area (Å²) in [5.74, 6) is -1.96. The van der Waals surface area contributed by atoms with E-state index in [0.29, 0.717) is 103 Å². The van der Waals surface area contributed by atoms with Gasteiger partial charge in [-0.05, 0) is 117 Å². The lowest BCUT2D eigenvalue weighted by atomic mass is 9.97. The quantitative estimate of drug-likeness (QED) is 0.108. The maximum absolute atomic E-state index is 14.9. The van der Waals surface area contributed by atoms with E-state index in [1.807, 2.05) is 93.3 Å². The summed E-state index contributed by atoms with van der Waals surface area (Å²) < 4.78 is 13.1. The third-order valence-corrected chi connectivity index (χ3v) is 13.7. The van der Waals surface area contributed by atoms with Gasteiger partial charge < -0.3 is 47.1 Å². The number of rotatable bonds is 9. The predicted octanol–water partition coefficient (Wildman–Crippen LogP) is 4.60. The van der Waals surface area contributed by atoms with Gasteiger partial charge in [0.25, 0.3) is 35.4 Å². The van der Waals surface area contributed by atoms with E-state index in [9.17, 15) is 28.8 Å². The molecule has 17 rings (SSSR count). The first-order valence-corrected chi connectivity index (χ1v) is 25.4. The third kappa shape index (κ3) is 14.1. The van der Waals surface area contributed by atoms with Gasteiger partial charge in [0.1, 0.15) is 13.2 Å². The van der Waals surface area contributed by atoms with Crippen LogP contribution in [0.2, 0.25) is 0 Å². The number of nitrogens with one attached hydrogen (secondary N) is 6. The maximum Gasteiger partial charge on any atom is 0.255 e. The van der Waals surface area contributed by atoms with Gasteiger partial charge in [0.15, 0.2) is 11.5 Å². The summed E-state index contributed by atoms with van der Waals surface area (Å²) in [4.78, 5) is 88.5. The van der Waals surface area contributed by atoms with E-state index < -0.39 is 17.9 Å². The highest BCUT2D eigenvalue weighted by molar-refractivity contribution is 6.04. The van der Waals surface area contributed by atoms with Crippen molar-refractivity contribution in [3.05, 3.63) is 164 Å². The second-order valence-corrected chi connectivity index (χ2v) is 18.7. The van der Waals surface area contributed by atoms with Crippen LogP contribution in [-0.4, -0.2) is 130 Å². The van der Waals surface area contributed by atoms with Crippen molar-refractivity contribution in [2.75, 3.05) is 78.5 Å². The molecule has 1 unspecified atom stereocenters. The molecule has 0 saturated heterocycles. The van der Waals surface area contributed by atoms with Gasteiger partial charge in [-0.1, -0.05) is 60.7 Å². The molecule has 74 heavy (non-hydrogen) atoms. The van der Waals surface area contributed by atoms with Crippen LogP contribution in [0.25, 0.3) is 0 Å². The largest absolute Gasteiger partial charge is 0.484 e. The van der Waals surface area contributed by atoms with Crippen LogP contribution in [0.5, 0.6) is 11.5 Å². The van der Waals surface area contributed by atoms with Crippen molar-refractivity contribution < 1.29 is 38.2 Å². The number of carbonyl (C=O) groups excluding carboxylic acids is 6. The molecule has 0 aromatic heterocycles. The molecule has 6 amide bonds. The Balaban J connectivity index is 1.31. The van der Waals surface area contributed by atoms with Crippen molar-refractivity contribution in [2.45, 2.75) is 59.8 Å². The molecule has 1 atom stereocenters. The Morgan fingerprint density at radius 1 is 0.446 bits per heavy atom. The second-order valence-electron chi connectivity index (χ2n) is 18.7. The molecule has 0 saturated carbocycles. The number of amides is 6. The molecule has 390 valence electrons. The molecule has 0 aliphatic carbocycles. The van der Waals surface area contributed by atoms with E-state index in [1.54, 1.807) is 36.4 Å². The number of nitrogens with two attached hydrogens (primary N) is 1. The fourth-order valence-corrected chi connectivity index (χ4v) is 9.18. The SMILES string of the molecule is Cc1c2ccc(c1C)C(=O)NCCN1CCNC(=O)c3ccc(c(C)c3C)C(=O)NCCN(CCNC2=O)CCNC(=O)c2ccc(c(OCc3ccccc3)c2OCc2ccccc2)C(=O)NC(CCCN)C1. The summed E-state index contributed by atoms with van der Waals surface area (Å²) in [5.41, 5.74) is 12.5. The van der Waals surface area contributed by atoms with E-state index in [4.69, 9.17) is 15.2 Å². The van der Waals surface area contributed by atoms with E-state index in [1.165, 1.54) is 0 Å². The van der Waals surface area contributed by atoms with Crippen LogP contribution in [-0.2, 0) is 13.2 Å². The molecule has 0 fully saturated rings. The molecule has 5 aromatic rings. The van der Waals surface area contributed by atoms with Crippen molar-refractivity contribution in [2.24, 2.45) is 5.73 Å². The lowest BCUT2D eigenvalue weighted by Gasteiger charge is -2.29. The van der Waals surface area contributed by atoms with Crippen LogP contribution in [0.3, 0.4) is 0 Å². The fourth-order valence-electron chi connectivity index (χ4n) is 9.18. The summed E-state index contributed by atoms with van der Waals surface area (Å²) in [7, 11) is 0. The fraction of sp³-hybridized carbons (Fsp3) is 0.368. The number of carbonyl (C=O) groups is 6. The van der Waals surface area contributed by atoms with Gasteiger partial charge in [-0.15, -0.1) is 0 Å². The molecule has 5 aromatic carbocycles.